The van der Waals surface area contributed by atoms with Crippen molar-refractivity contribution >= 4 is 15.9 Å². The zero-order chi connectivity index (χ0) is 9.97. The number of halogens is 1. The summed E-state index contributed by atoms with van der Waals surface area (Å²) in [4.78, 5) is 0. The zero-order valence-electron chi connectivity index (χ0n) is 7.97. The minimum Gasteiger partial charge on any atom is -0.454 e. The summed E-state index contributed by atoms with van der Waals surface area (Å²) < 4.78 is 11.8. The van der Waals surface area contributed by atoms with Crippen LogP contribution < -0.4 is 14.8 Å². The number of hydrogen-bond acceptors (Lipinski definition) is 3. The fourth-order valence-electron chi connectivity index (χ4n) is 1.49. The second-order valence-corrected chi connectivity index (χ2v) is 3.97. The SMILES string of the molecule is CNCCc1c(Br)ccc2c1OCO2. The van der Waals surface area contributed by atoms with Crippen LogP contribution in [0.2, 0.25) is 0 Å². The summed E-state index contributed by atoms with van der Waals surface area (Å²) in [6.45, 7) is 1.26. The van der Waals surface area contributed by atoms with Crippen molar-refractivity contribution in [3.63, 3.8) is 0 Å². The standard InChI is InChI=1S/C10H12BrNO2/c1-12-5-4-7-8(11)2-3-9-10(7)14-6-13-9/h2-3,12H,4-6H2,1H3. The molecule has 1 aromatic carbocycles. The lowest BCUT2D eigenvalue weighted by molar-refractivity contribution is 0.173. The highest BCUT2D eigenvalue weighted by Gasteiger charge is 2.19. The minimum atomic E-state index is 0.332. The topological polar surface area (TPSA) is 30.5 Å². The Labute approximate surface area is 91.5 Å². The first-order valence-corrected chi connectivity index (χ1v) is 5.34. The molecular weight excluding hydrogens is 246 g/mol. The van der Waals surface area contributed by atoms with Gasteiger partial charge in [0.2, 0.25) is 6.79 Å². The summed E-state index contributed by atoms with van der Waals surface area (Å²) in [6.07, 6.45) is 0.934. The molecule has 0 unspecified atom stereocenters. The quantitative estimate of drug-likeness (QED) is 0.898. The van der Waals surface area contributed by atoms with Crippen molar-refractivity contribution in [2.75, 3.05) is 20.4 Å². The van der Waals surface area contributed by atoms with Crippen LogP contribution in [0.5, 0.6) is 11.5 Å². The van der Waals surface area contributed by atoms with Crippen molar-refractivity contribution < 1.29 is 9.47 Å². The maximum Gasteiger partial charge on any atom is 0.231 e. The molecule has 0 fully saturated rings. The molecule has 1 aromatic rings. The van der Waals surface area contributed by atoms with Crippen molar-refractivity contribution in [2.45, 2.75) is 6.42 Å². The predicted molar refractivity (Wildman–Crippen MR) is 57.9 cm³/mol. The van der Waals surface area contributed by atoms with E-state index in [2.05, 4.69) is 21.2 Å². The van der Waals surface area contributed by atoms with Crippen LogP contribution in [0.1, 0.15) is 5.56 Å². The van der Waals surface area contributed by atoms with E-state index in [1.54, 1.807) is 0 Å². The molecule has 1 heterocycles. The first kappa shape index (κ1) is 9.80. The van der Waals surface area contributed by atoms with Crippen LogP contribution in [-0.4, -0.2) is 20.4 Å². The summed E-state index contributed by atoms with van der Waals surface area (Å²) in [7, 11) is 1.94. The number of hydrogen-bond donors (Lipinski definition) is 1. The molecule has 1 aliphatic heterocycles. The van der Waals surface area contributed by atoms with E-state index in [1.165, 1.54) is 5.56 Å². The summed E-state index contributed by atoms with van der Waals surface area (Å²) >= 11 is 3.52. The summed E-state index contributed by atoms with van der Waals surface area (Å²) in [5.41, 5.74) is 1.18. The van der Waals surface area contributed by atoms with E-state index in [9.17, 15) is 0 Å². The van der Waals surface area contributed by atoms with Crippen LogP contribution >= 0.6 is 15.9 Å². The molecule has 0 bridgehead atoms. The van der Waals surface area contributed by atoms with Crippen LogP contribution in [0.25, 0.3) is 0 Å². The second kappa shape index (κ2) is 4.19. The van der Waals surface area contributed by atoms with Gasteiger partial charge in [0, 0.05) is 10.0 Å². The molecule has 4 heteroatoms. The van der Waals surface area contributed by atoms with Gasteiger partial charge in [0.15, 0.2) is 11.5 Å². The van der Waals surface area contributed by atoms with E-state index in [1.807, 2.05) is 19.2 Å². The number of rotatable bonds is 3. The fourth-order valence-corrected chi connectivity index (χ4v) is 2.00. The highest BCUT2D eigenvalue weighted by atomic mass is 79.9. The normalized spacial score (nSPS) is 13.3. The van der Waals surface area contributed by atoms with Gasteiger partial charge >= 0.3 is 0 Å². The van der Waals surface area contributed by atoms with E-state index in [-0.39, 0.29) is 0 Å². The fraction of sp³-hybridized carbons (Fsp3) is 0.400. The third kappa shape index (κ3) is 1.72. The van der Waals surface area contributed by atoms with E-state index in [0.717, 1.165) is 28.9 Å². The third-order valence-corrected chi connectivity index (χ3v) is 2.95. The number of benzene rings is 1. The molecule has 3 nitrogen and oxygen atoms in total. The lowest BCUT2D eigenvalue weighted by Gasteiger charge is -2.07. The van der Waals surface area contributed by atoms with Crippen molar-refractivity contribution in [3.05, 3.63) is 22.2 Å². The maximum absolute atomic E-state index is 5.43. The highest BCUT2D eigenvalue weighted by Crippen LogP contribution is 2.39. The van der Waals surface area contributed by atoms with Crippen LogP contribution in [0, 0.1) is 0 Å². The van der Waals surface area contributed by atoms with Crippen LogP contribution in [0.4, 0.5) is 0 Å². The molecule has 0 amide bonds. The van der Waals surface area contributed by atoms with Gasteiger partial charge in [-0.2, -0.15) is 0 Å². The molecule has 14 heavy (non-hydrogen) atoms. The lowest BCUT2D eigenvalue weighted by Crippen LogP contribution is -2.11. The van der Waals surface area contributed by atoms with E-state index >= 15 is 0 Å². The van der Waals surface area contributed by atoms with Gasteiger partial charge in [0.05, 0.1) is 0 Å². The van der Waals surface area contributed by atoms with Crippen molar-refractivity contribution in [2.24, 2.45) is 0 Å². The molecule has 1 aliphatic rings. The van der Waals surface area contributed by atoms with Crippen molar-refractivity contribution in [3.8, 4) is 11.5 Å². The van der Waals surface area contributed by atoms with Crippen LogP contribution in [0.3, 0.4) is 0 Å². The lowest BCUT2D eigenvalue weighted by atomic mass is 10.1. The highest BCUT2D eigenvalue weighted by molar-refractivity contribution is 9.10. The Balaban J connectivity index is 2.31. The Bertz CT molecular complexity index is 341. The van der Waals surface area contributed by atoms with Crippen molar-refractivity contribution in [1.29, 1.82) is 0 Å². The molecule has 2 rings (SSSR count). The van der Waals surface area contributed by atoms with Gasteiger partial charge in [-0.1, -0.05) is 15.9 Å². The molecule has 76 valence electrons. The number of fused-ring (bicyclic) bond motifs is 1. The van der Waals surface area contributed by atoms with Gasteiger partial charge in [-0.25, -0.2) is 0 Å². The van der Waals surface area contributed by atoms with Gasteiger partial charge in [0.25, 0.3) is 0 Å². The zero-order valence-corrected chi connectivity index (χ0v) is 9.56. The Morgan fingerprint density at radius 2 is 2.29 bits per heavy atom. The second-order valence-electron chi connectivity index (χ2n) is 3.11. The van der Waals surface area contributed by atoms with Gasteiger partial charge in [-0.15, -0.1) is 0 Å². The van der Waals surface area contributed by atoms with Gasteiger partial charge in [-0.3, -0.25) is 0 Å². The molecule has 0 atom stereocenters. The Morgan fingerprint density at radius 1 is 1.43 bits per heavy atom. The number of nitrogens with one attached hydrogen (secondary N) is 1. The first-order chi connectivity index (χ1) is 6.83. The van der Waals surface area contributed by atoms with Crippen molar-refractivity contribution in [1.82, 2.24) is 5.32 Å². The summed E-state index contributed by atoms with van der Waals surface area (Å²) in [5.74, 6) is 1.73. The molecule has 0 radical (unpaired) electrons. The Kier molecular flexibility index (Phi) is 2.93. The molecule has 0 saturated heterocycles. The Hall–Kier alpha value is -0.740. The molecule has 0 aromatic heterocycles. The molecule has 1 N–H and O–H groups in total. The average molecular weight is 258 g/mol. The summed E-state index contributed by atoms with van der Waals surface area (Å²) in [5, 5.41) is 3.12. The maximum atomic E-state index is 5.43. The number of ether oxygens (including phenoxy) is 2. The minimum absolute atomic E-state index is 0.332. The van der Waals surface area contributed by atoms with E-state index in [0.29, 0.717) is 6.79 Å². The largest absolute Gasteiger partial charge is 0.454 e. The van der Waals surface area contributed by atoms with Crippen LogP contribution in [-0.2, 0) is 6.42 Å². The molecule has 0 spiro atoms. The van der Waals surface area contributed by atoms with E-state index < -0.39 is 0 Å². The Morgan fingerprint density at radius 3 is 3.07 bits per heavy atom. The molecule has 0 saturated carbocycles. The molecule has 0 aliphatic carbocycles. The van der Waals surface area contributed by atoms with Crippen LogP contribution in [0.15, 0.2) is 16.6 Å². The third-order valence-electron chi connectivity index (χ3n) is 2.21. The van der Waals surface area contributed by atoms with E-state index in [4.69, 9.17) is 9.47 Å². The smallest absolute Gasteiger partial charge is 0.231 e. The molecular formula is C10H12BrNO2. The van der Waals surface area contributed by atoms with Gasteiger partial charge in [0.1, 0.15) is 0 Å². The first-order valence-electron chi connectivity index (χ1n) is 4.54. The number of likely N-dealkylation sites (N-methyl/N-ethyl adjacent to an activating group) is 1. The van der Waals surface area contributed by atoms with Gasteiger partial charge < -0.3 is 14.8 Å². The predicted octanol–water partition coefficient (Wildman–Crippen LogP) is 1.94. The average Bonchev–Trinajstić information content (AvgIpc) is 2.64. The monoisotopic (exact) mass is 257 g/mol. The van der Waals surface area contributed by atoms with Gasteiger partial charge in [-0.05, 0) is 32.1 Å². The summed E-state index contributed by atoms with van der Waals surface area (Å²) in [6, 6.07) is 3.92.